The van der Waals surface area contributed by atoms with Crippen LogP contribution in [-0.4, -0.2) is 57.5 Å². The first-order chi connectivity index (χ1) is 12.1. The van der Waals surface area contributed by atoms with E-state index in [1.165, 1.54) is 38.8 Å². The third kappa shape index (κ3) is 3.76. The number of hydrogen-bond acceptors (Lipinski definition) is 4. The smallest absolute Gasteiger partial charge is 0.341 e. The molecule has 1 aromatic carbocycles. The van der Waals surface area contributed by atoms with Gasteiger partial charge in [-0.2, -0.15) is 0 Å². The Morgan fingerprint density at radius 3 is 2.68 bits per heavy atom. The summed E-state index contributed by atoms with van der Waals surface area (Å²) in [6.45, 7) is 3.04. The van der Waals surface area contributed by atoms with E-state index < -0.39 is 0 Å². The molecule has 138 valence electrons. The molecule has 25 heavy (non-hydrogen) atoms. The first kappa shape index (κ1) is 18.1. The van der Waals surface area contributed by atoms with E-state index in [9.17, 15) is 4.79 Å². The van der Waals surface area contributed by atoms with Crippen molar-refractivity contribution in [1.82, 2.24) is 0 Å². The molecule has 0 radical (unpaired) electrons. The Balaban J connectivity index is 1.66. The van der Waals surface area contributed by atoms with Gasteiger partial charge in [0.15, 0.2) is 0 Å². The number of piperidine rings is 2. The van der Waals surface area contributed by atoms with Crippen molar-refractivity contribution in [2.24, 2.45) is 5.92 Å². The van der Waals surface area contributed by atoms with E-state index in [2.05, 4.69) is 7.05 Å². The third-order valence-corrected chi connectivity index (χ3v) is 6.06. The highest BCUT2D eigenvalue weighted by atomic mass is 16.5. The third-order valence-electron chi connectivity index (χ3n) is 6.06. The molecule has 2 heterocycles. The Labute approximate surface area is 150 Å². The molecular weight excluding hydrogens is 318 g/mol. The summed E-state index contributed by atoms with van der Waals surface area (Å²) >= 11 is 0. The van der Waals surface area contributed by atoms with Gasteiger partial charge in [0.1, 0.15) is 23.7 Å². The molecule has 0 aliphatic carbocycles. The van der Waals surface area contributed by atoms with Crippen LogP contribution in [0.2, 0.25) is 0 Å². The summed E-state index contributed by atoms with van der Waals surface area (Å²) in [5.41, 5.74) is 0.458. The van der Waals surface area contributed by atoms with Crippen molar-refractivity contribution in [3.8, 4) is 11.5 Å². The summed E-state index contributed by atoms with van der Waals surface area (Å²) in [6.07, 6.45) is 6.26. The quantitative estimate of drug-likeness (QED) is 0.605. The van der Waals surface area contributed by atoms with Crippen molar-refractivity contribution in [2.75, 3.05) is 41.0 Å². The van der Waals surface area contributed by atoms with E-state index in [0.717, 1.165) is 10.9 Å². The zero-order valence-electron chi connectivity index (χ0n) is 15.6. The van der Waals surface area contributed by atoms with Crippen molar-refractivity contribution in [2.45, 2.75) is 38.1 Å². The lowest BCUT2D eigenvalue weighted by Crippen LogP contribution is -2.61. The maximum absolute atomic E-state index is 12.6. The van der Waals surface area contributed by atoms with Gasteiger partial charge in [-0.1, -0.05) is 0 Å². The Hall–Kier alpha value is -1.75. The summed E-state index contributed by atoms with van der Waals surface area (Å²) in [6, 6.07) is 5.82. The van der Waals surface area contributed by atoms with Gasteiger partial charge in [0.25, 0.3) is 0 Å². The molecule has 3 atom stereocenters. The van der Waals surface area contributed by atoms with Crippen LogP contribution in [-0.2, 0) is 4.74 Å². The minimum absolute atomic E-state index is 0.310. The zero-order valence-corrected chi connectivity index (χ0v) is 15.6. The summed E-state index contributed by atoms with van der Waals surface area (Å²) in [5.74, 6) is 1.31. The molecule has 2 saturated heterocycles. The molecule has 5 heteroatoms. The van der Waals surface area contributed by atoms with E-state index in [4.69, 9.17) is 14.2 Å². The van der Waals surface area contributed by atoms with Crippen LogP contribution >= 0.6 is 0 Å². The molecule has 3 rings (SSSR count). The van der Waals surface area contributed by atoms with Crippen LogP contribution in [0.4, 0.5) is 0 Å². The van der Waals surface area contributed by atoms with Crippen molar-refractivity contribution in [3.05, 3.63) is 23.8 Å². The minimum Gasteiger partial charge on any atom is -0.497 e. The fourth-order valence-corrected chi connectivity index (χ4v) is 4.66. The molecular formula is C20H30NO4+. The van der Waals surface area contributed by atoms with Gasteiger partial charge in [0.2, 0.25) is 0 Å². The van der Waals surface area contributed by atoms with E-state index in [1.807, 2.05) is 0 Å². The lowest BCUT2D eigenvalue weighted by atomic mass is 9.82. The van der Waals surface area contributed by atoms with Gasteiger partial charge in [0, 0.05) is 18.4 Å². The number of ether oxygens (including phenoxy) is 3. The predicted octanol–water partition coefficient (Wildman–Crippen LogP) is 3.27. The number of fused-ring (bicyclic) bond motifs is 1. The van der Waals surface area contributed by atoms with Crippen molar-refractivity contribution >= 4 is 5.97 Å². The van der Waals surface area contributed by atoms with E-state index in [1.54, 1.807) is 32.4 Å². The van der Waals surface area contributed by atoms with Gasteiger partial charge in [-0.25, -0.2) is 4.79 Å². The van der Waals surface area contributed by atoms with Crippen LogP contribution in [0.1, 0.15) is 42.5 Å². The van der Waals surface area contributed by atoms with Crippen LogP contribution in [0.15, 0.2) is 18.2 Å². The fraction of sp³-hybridized carbons (Fsp3) is 0.650. The molecule has 2 aliphatic heterocycles. The molecule has 0 spiro atoms. The molecule has 2 fully saturated rings. The van der Waals surface area contributed by atoms with Crippen LogP contribution in [0.25, 0.3) is 0 Å². The van der Waals surface area contributed by atoms with Crippen molar-refractivity contribution < 1.29 is 23.5 Å². The van der Waals surface area contributed by atoms with Crippen molar-refractivity contribution in [3.63, 3.8) is 0 Å². The highest BCUT2D eigenvalue weighted by Crippen LogP contribution is 2.36. The van der Waals surface area contributed by atoms with E-state index >= 15 is 0 Å². The summed E-state index contributed by atoms with van der Waals surface area (Å²) in [7, 11) is 5.53. The Morgan fingerprint density at radius 2 is 1.92 bits per heavy atom. The molecule has 1 unspecified atom stereocenters. The number of carbonyl (C=O) groups excluding carboxylic acids is 1. The maximum Gasteiger partial charge on any atom is 0.341 e. The average molecular weight is 348 g/mol. The number of methoxy groups -OCH3 is 2. The predicted molar refractivity (Wildman–Crippen MR) is 96.1 cm³/mol. The van der Waals surface area contributed by atoms with Crippen LogP contribution in [0, 0.1) is 5.92 Å². The number of benzene rings is 1. The normalized spacial score (nSPS) is 28.8. The van der Waals surface area contributed by atoms with Gasteiger partial charge in [-0.3, -0.25) is 0 Å². The number of quaternary nitrogens is 1. The summed E-state index contributed by atoms with van der Waals surface area (Å²) in [4.78, 5) is 12.6. The highest BCUT2D eigenvalue weighted by molar-refractivity contribution is 5.92. The maximum atomic E-state index is 12.6. The molecule has 0 bridgehead atoms. The number of rotatable bonds is 5. The topological polar surface area (TPSA) is 44.8 Å². The van der Waals surface area contributed by atoms with Gasteiger partial charge in [-0.05, 0) is 37.8 Å². The molecule has 0 amide bonds. The Bertz CT molecular complexity index is 614. The zero-order chi connectivity index (χ0) is 17.9. The number of esters is 1. The molecule has 5 nitrogen and oxygen atoms in total. The SMILES string of the molecule is COc1ccc(C(=O)OC[C@@H]2CCC[N+]3(C)CCCC[C@H]23)c(OC)c1. The van der Waals surface area contributed by atoms with Gasteiger partial charge >= 0.3 is 5.97 Å². The van der Waals surface area contributed by atoms with Crippen LogP contribution in [0.5, 0.6) is 11.5 Å². The first-order valence-electron chi connectivity index (χ1n) is 9.31. The lowest BCUT2D eigenvalue weighted by Gasteiger charge is -2.51. The number of carbonyl (C=O) groups is 1. The largest absolute Gasteiger partial charge is 0.497 e. The fourth-order valence-electron chi connectivity index (χ4n) is 4.66. The molecule has 0 N–H and O–H groups in total. The second-order valence-corrected chi connectivity index (χ2v) is 7.56. The summed E-state index contributed by atoms with van der Waals surface area (Å²) in [5, 5.41) is 0. The minimum atomic E-state index is -0.310. The average Bonchev–Trinajstić information content (AvgIpc) is 2.64. The molecule has 1 aromatic rings. The van der Waals surface area contributed by atoms with E-state index in [-0.39, 0.29) is 5.97 Å². The molecule has 2 aliphatic rings. The summed E-state index contributed by atoms with van der Waals surface area (Å²) < 4.78 is 17.4. The Kier molecular flexibility index (Phi) is 5.52. The number of nitrogens with zero attached hydrogens (tertiary/aromatic N) is 1. The van der Waals surface area contributed by atoms with Crippen LogP contribution < -0.4 is 9.47 Å². The lowest BCUT2D eigenvalue weighted by molar-refractivity contribution is -0.947. The monoisotopic (exact) mass is 348 g/mol. The van der Waals surface area contributed by atoms with Gasteiger partial charge < -0.3 is 18.7 Å². The van der Waals surface area contributed by atoms with E-state index in [0.29, 0.717) is 35.6 Å². The van der Waals surface area contributed by atoms with Crippen molar-refractivity contribution in [1.29, 1.82) is 0 Å². The molecule has 0 aromatic heterocycles. The Morgan fingerprint density at radius 1 is 1.12 bits per heavy atom. The number of hydrogen-bond donors (Lipinski definition) is 0. The van der Waals surface area contributed by atoms with Gasteiger partial charge in [0.05, 0.1) is 40.4 Å². The highest BCUT2D eigenvalue weighted by Gasteiger charge is 2.43. The standard InChI is InChI=1S/C20H30NO4/c1-21-11-5-4-8-18(21)15(7-6-12-21)14-25-20(22)17-10-9-16(23-2)13-19(17)24-3/h9-10,13,15,18H,4-8,11-12,14H2,1-3H3/q+1/t15-,18+,21?/m0/s1. The van der Waals surface area contributed by atoms with Gasteiger partial charge in [-0.15, -0.1) is 0 Å². The second-order valence-electron chi connectivity index (χ2n) is 7.56. The second kappa shape index (κ2) is 7.65. The van der Waals surface area contributed by atoms with Crippen LogP contribution in [0.3, 0.4) is 0 Å². The molecule has 0 saturated carbocycles. The first-order valence-corrected chi connectivity index (χ1v) is 9.31.